The molecule has 0 atom stereocenters. The lowest BCUT2D eigenvalue weighted by Gasteiger charge is -2.25. The topological polar surface area (TPSA) is 55.2 Å². The van der Waals surface area contributed by atoms with Gasteiger partial charge in [0, 0.05) is 12.6 Å². The number of halogens is 2. The number of anilines is 1. The molecule has 0 aromatic heterocycles. The number of hydrogen-bond donors (Lipinski definition) is 1. The fourth-order valence-electron chi connectivity index (χ4n) is 1.78. The van der Waals surface area contributed by atoms with Crippen LogP contribution in [0.15, 0.2) is 12.1 Å². The Morgan fingerprint density at radius 1 is 1.35 bits per heavy atom. The van der Waals surface area contributed by atoms with Crippen molar-refractivity contribution in [1.82, 2.24) is 0 Å². The van der Waals surface area contributed by atoms with E-state index in [0.717, 1.165) is 6.54 Å². The first-order valence-corrected chi connectivity index (χ1v) is 6.21. The van der Waals surface area contributed by atoms with Crippen LogP contribution in [0.25, 0.3) is 0 Å². The maximum absolute atomic E-state index is 10.9. The van der Waals surface area contributed by atoms with Gasteiger partial charge in [-0.05, 0) is 24.8 Å². The number of nitro benzene ring substituents is 1. The van der Waals surface area contributed by atoms with Gasteiger partial charge in [0.25, 0.3) is 5.69 Å². The lowest BCUT2D eigenvalue weighted by Crippen LogP contribution is -2.21. The SMILES string of the molecule is O=[N+]([O-])c1cc(Cl)c(Cl)cc1NCC1CCC1. The van der Waals surface area contributed by atoms with Crippen molar-refractivity contribution in [3.8, 4) is 0 Å². The van der Waals surface area contributed by atoms with Crippen molar-refractivity contribution in [2.75, 3.05) is 11.9 Å². The van der Waals surface area contributed by atoms with Crippen molar-refractivity contribution in [3.05, 3.63) is 32.3 Å². The molecule has 0 heterocycles. The monoisotopic (exact) mass is 274 g/mol. The molecule has 6 heteroatoms. The molecule has 1 aromatic carbocycles. The molecule has 0 amide bonds. The fourth-order valence-corrected chi connectivity index (χ4v) is 2.10. The van der Waals surface area contributed by atoms with Crippen molar-refractivity contribution >= 4 is 34.6 Å². The molecule has 0 unspecified atom stereocenters. The zero-order valence-corrected chi connectivity index (χ0v) is 10.6. The van der Waals surface area contributed by atoms with Gasteiger partial charge in [-0.15, -0.1) is 0 Å². The van der Waals surface area contributed by atoms with Gasteiger partial charge in [0.1, 0.15) is 5.69 Å². The molecule has 1 fully saturated rings. The van der Waals surface area contributed by atoms with Crippen LogP contribution in [0.4, 0.5) is 11.4 Å². The highest BCUT2D eigenvalue weighted by atomic mass is 35.5. The molecular weight excluding hydrogens is 263 g/mol. The minimum Gasteiger partial charge on any atom is -0.379 e. The third-order valence-corrected chi connectivity index (χ3v) is 3.76. The van der Waals surface area contributed by atoms with E-state index in [1.54, 1.807) is 0 Å². The van der Waals surface area contributed by atoms with Crippen LogP contribution in [0.1, 0.15) is 19.3 Å². The van der Waals surface area contributed by atoms with Crippen LogP contribution >= 0.6 is 23.2 Å². The van der Waals surface area contributed by atoms with Crippen molar-refractivity contribution in [1.29, 1.82) is 0 Å². The van der Waals surface area contributed by atoms with Gasteiger partial charge in [-0.2, -0.15) is 0 Å². The highest BCUT2D eigenvalue weighted by molar-refractivity contribution is 6.42. The van der Waals surface area contributed by atoms with Crippen molar-refractivity contribution < 1.29 is 4.92 Å². The summed E-state index contributed by atoms with van der Waals surface area (Å²) in [5.74, 6) is 0.615. The largest absolute Gasteiger partial charge is 0.379 e. The van der Waals surface area contributed by atoms with E-state index in [1.807, 2.05) is 0 Å². The van der Waals surface area contributed by atoms with E-state index in [9.17, 15) is 10.1 Å². The lowest BCUT2D eigenvalue weighted by molar-refractivity contribution is -0.383. The number of nitro groups is 1. The predicted molar refractivity (Wildman–Crippen MR) is 68.9 cm³/mol. The highest BCUT2D eigenvalue weighted by Gasteiger charge is 2.20. The molecule has 2 rings (SSSR count). The van der Waals surface area contributed by atoms with Crippen LogP contribution in [0.5, 0.6) is 0 Å². The average molecular weight is 275 g/mol. The van der Waals surface area contributed by atoms with Crippen LogP contribution in [0.2, 0.25) is 10.0 Å². The Labute approximate surface area is 109 Å². The zero-order chi connectivity index (χ0) is 12.4. The maximum atomic E-state index is 10.9. The first-order chi connectivity index (χ1) is 8.08. The minimum absolute atomic E-state index is 0.0290. The van der Waals surface area contributed by atoms with E-state index < -0.39 is 4.92 Å². The molecule has 1 N–H and O–H groups in total. The predicted octanol–water partition coefficient (Wildman–Crippen LogP) is 4.11. The highest BCUT2D eigenvalue weighted by Crippen LogP contribution is 2.35. The quantitative estimate of drug-likeness (QED) is 0.664. The summed E-state index contributed by atoms with van der Waals surface area (Å²) in [5, 5.41) is 14.5. The van der Waals surface area contributed by atoms with Gasteiger partial charge >= 0.3 is 0 Å². The molecule has 0 aliphatic heterocycles. The van der Waals surface area contributed by atoms with Crippen LogP contribution < -0.4 is 5.32 Å². The van der Waals surface area contributed by atoms with E-state index in [0.29, 0.717) is 16.6 Å². The van der Waals surface area contributed by atoms with Gasteiger partial charge in [-0.3, -0.25) is 10.1 Å². The lowest BCUT2D eigenvalue weighted by atomic mass is 9.85. The van der Waals surface area contributed by atoms with Crippen LogP contribution in [-0.2, 0) is 0 Å². The second-order valence-electron chi connectivity index (χ2n) is 4.22. The summed E-state index contributed by atoms with van der Waals surface area (Å²) in [4.78, 5) is 10.4. The van der Waals surface area contributed by atoms with E-state index in [-0.39, 0.29) is 10.7 Å². The summed E-state index contributed by atoms with van der Waals surface area (Å²) in [7, 11) is 0. The number of rotatable bonds is 4. The molecule has 0 saturated heterocycles. The molecule has 1 aromatic rings. The third kappa shape index (κ3) is 2.82. The second kappa shape index (κ2) is 5.10. The number of hydrogen-bond acceptors (Lipinski definition) is 3. The summed E-state index contributed by atoms with van der Waals surface area (Å²) >= 11 is 11.6. The number of nitrogens with one attached hydrogen (secondary N) is 1. The first kappa shape index (κ1) is 12.5. The molecular formula is C11H12Cl2N2O2. The number of nitrogens with zero attached hydrogens (tertiary/aromatic N) is 1. The Hall–Kier alpha value is -1.00. The molecule has 4 nitrogen and oxygen atoms in total. The molecule has 1 saturated carbocycles. The standard InChI is InChI=1S/C11H12Cl2N2O2/c12-8-4-10(14-6-7-2-1-3-7)11(15(16)17)5-9(8)13/h4-5,7,14H,1-3,6H2. The molecule has 0 spiro atoms. The smallest absolute Gasteiger partial charge is 0.293 e. The summed E-state index contributed by atoms with van der Waals surface area (Å²) in [6.45, 7) is 0.749. The van der Waals surface area contributed by atoms with Gasteiger partial charge in [-0.1, -0.05) is 29.6 Å². The normalized spacial score (nSPS) is 15.4. The van der Waals surface area contributed by atoms with Gasteiger partial charge < -0.3 is 5.32 Å². The summed E-state index contributed by atoms with van der Waals surface area (Å²) in [6, 6.07) is 2.80. The zero-order valence-electron chi connectivity index (χ0n) is 9.08. The van der Waals surface area contributed by atoms with Gasteiger partial charge in [0.15, 0.2) is 0 Å². The second-order valence-corrected chi connectivity index (χ2v) is 5.03. The van der Waals surface area contributed by atoms with Crippen LogP contribution in [-0.4, -0.2) is 11.5 Å². The Kier molecular flexibility index (Phi) is 3.74. The van der Waals surface area contributed by atoms with Crippen molar-refractivity contribution in [2.24, 2.45) is 5.92 Å². The Morgan fingerprint density at radius 3 is 2.53 bits per heavy atom. The van der Waals surface area contributed by atoms with E-state index in [1.165, 1.54) is 31.4 Å². The van der Waals surface area contributed by atoms with E-state index in [2.05, 4.69) is 5.32 Å². The Balaban J connectivity index is 2.17. The summed E-state index contributed by atoms with van der Waals surface area (Å²) in [5.41, 5.74) is 0.412. The van der Waals surface area contributed by atoms with Gasteiger partial charge in [0.2, 0.25) is 0 Å². The maximum Gasteiger partial charge on any atom is 0.293 e. The van der Waals surface area contributed by atoms with Crippen LogP contribution in [0.3, 0.4) is 0 Å². The van der Waals surface area contributed by atoms with Crippen molar-refractivity contribution in [3.63, 3.8) is 0 Å². The van der Waals surface area contributed by atoms with Crippen LogP contribution in [0, 0.1) is 16.0 Å². The molecule has 1 aliphatic rings. The fraction of sp³-hybridized carbons (Fsp3) is 0.455. The minimum atomic E-state index is -0.453. The Morgan fingerprint density at radius 2 is 2.00 bits per heavy atom. The third-order valence-electron chi connectivity index (χ3n) is 3.04. The molecule has 17 heavy (non-hydrogen) atoms. The molecule has 1 aliphatic carbocycles. The number of benzene rings is 1. The Bertz CT molecular complexity index is 447. The molecule has 92 valence electrons. The first-order valence-electron chi connectivity index (χ1n) is 5.45. The molecule has 0 bridgehead atoms. The summed E-state index contributed by atoms with van der Waals surface area (Å²) < 4.78 is 0. The summed E-state index contributed by atoms with van der Waals surface area (Å²) in [6.07, 6.45) is 3.61. The van der Waals surface area contributed by atoms with Gasteiger partial charge in [0.05, 0.1) is 15.0 Å². The van der Waals surface area contributed by atoms with E-state index >= 15 is 0 Å². The van der Waals surface area contributed by atoms with Gasteiger partial charge in [-0.25, -0.2) is 0 Å². The van der Waals surface area contributed by atoms with E-state index in [4.69, 9.17) is 23.2 Å². The van der Waals surface area contributed by atoms with Crippen molar-refractivity contribution in [2.45, 2.75) is 19.3 Å². The molecule has 0 radical (unpaired) electrons. The average Bonchev–Trinajstić information content (AvgIpc) is 2.20.